The van der Waals surface area contributed by atoms with E-state index in [2.05, 4.69) is 130 Å². The maximum absolute atomic E-state index is 3.17. The third-order valence-corrected chi connectivity index (χ3v) is 9.15. The summed E-state index contributed by atoms with van der Waals surface area (Å²) in [5.41, 5.74) is 14.7. The second-order valence-electron chi connectivity index (χ2n) is 10.1. The molecule has 2 nitrogen and oxygen atoms in total. The second kappa shape index (κ2) is 7.74. The van der Waals surface area contributed by atoms with E-state index >= 15 is 0 Å². The zero-order valence-electron chi connectivity index (χ0n) is 20.8. The number of thiophene rings is 1. The smallest absolute Gasteiger partial charge is 0.0631 e. The van der Waals surface area contributed by atoms with Gasteiger partial charge in [0.25, 0.3) is 0 Å². The number of nitrogens with zero attached hydrogens (tertiary/aromatic N) is 2. The zero-order valence-corrected chi connectivity index (χ0v) is 21.7. The van der Waals surface area contributed by atoms with Crippen LogP contribution in [0.3, 0.4) is 0 Å². The van der Waals surface area contributed by atoms with Crippen LogP contribution in [0.2, 0.25) is 0 Å². The molecule has 39 heavy (non-hydrogen) atoms. The topological polar surface area (TPSA) is 9.86 Å². The largest absolute Gasteiger partial charge is 0.309 e. The number of para-hydroxylation sites is 3. The van der Waals surface area contributed by atoms with E-state index in [9.17, 15) is 0 Å². The zero-order chi connectivity index (χ0) is 25.5. The molecule has 3 heteroatoms. The van der Waals surface area contributed by atoms with Crippen molar-refractivity contribution >= 4 is 76.4 Å². The molecule has 0 bridgehead atoms. The van der Waals surface area contributed by atoms with Crippen LogP contribution in [0.25, 0.3) is 76.4 Å². The van der Waals surface area contributed by atoms with Gasteiger partial charge in [0.2, 0.25) is 0 Å². The van der Waals surface area contributed by atoms with E-state index in [1.54, 1.807) is 0 Å². The molecule has 0 saturated carbocycles. The third-order valence-electron chi connectivity index (χ3n) is 7.99. The van der Waals surface area contributed by atoms with Gasteiger partial charge in [-0.2, -0.15) is 0 Å². The third kappa shape index (κ3) is 2.87. The van der Waals surface area contributed by atoms with Crippen molar-refractivity contribution in [3.8, 4) is 11.4 Å². The number of rotatable bonds is 2. The Bertz CT molecular complexity index is 2360. The first-order chi connectivity index (χ1) is 19.3. The fourth-order valence-electron chi connectivity index (χ4n) is 6.31. The van der Waals surface area contributed by atoms with Crippen LogP contribution in [0.15, 0.2) is 121 Å². The molecule has 1 aliphatic rings. The van der Waals surface area contributed by atoms with Gasteiger partial charge in [-0.05, 0) is 60.7 Å². The first-order valence-electron chi connectivity index (χ1n) is 13.1. The summed E-state index contributed by atoms with van der Waals surface area (Å²) in [7, 11) is 0. The summed E-state index contributed by atoms with van der Waals surface area (Å²) in [4.78, 5) is 0. The Morgan fingerprint density at radius 1 is 0.462 bits per heavy atom. The Hall–Kier alpha value is -5.04. The van der Waals surface area contributed by atoms with E-state index in [1.165, 1.54) is 64.1 Å². The van der Waals surface area contributed by atoms with E-state index in [1.807, 2.05) is 23.5 Å². The number of benzene rings is 5. The summed E-state index contributed by atoms with van der Waals surface area (Å²) < 4.78 is 7.36. The molecule has 0 aliphatic heterocycles. The lowest BCUT2D eigenvalue weighted by atomic mass is 10.1. The van der Waals surface area contributed by atoms with E-state index in [0.717, 1.165) is 11.4 Å². The van der Waals surface area contributed by atoms with Gasteiger partial charge in [-0.1, -0.05) is 66.1 Å². The quantitative estimate of drug-likeness (QED) is 0.204. The highest BCUT2D eigenvalue weighted by atomic mass is 32.1. The van der Waals surface area contributed by atoms with Gasteiger partial charge in [0.15, 0.2) is 0 Å². The fourth-order valence-corrected chi connectivity index (χ4v) is 7.38. The lowest BCUT2D eigenvalue weighted by Gasteiger charge is -2.10. The molecule has 0 unspecified atom stereocenters. The van der Waals surface area contributed by atoms with E-state index in [0.29, 0.717) is 0 Å². The molecule has 8 aromatic rings. The van der Waals surface area contributed by atoms with Crippen molar-refractivity contribution in [3.63, 3.8) is 0 Å². The summed E-state index contributed by atoms with van der Waals surface area (Å²) in [5, 5.41) is 6.38. The van der Waals surface area contributed by atoms with Gasteiger partial charge >= 0.3 is 0 Å². The monoisotopic (exact) mass is 512 g/mol. The van der Waals surface area contributed by atoms with Crippen LogP contribution in [0.1, 0.15) is 11.3 Å². The standard InChI is InChI=1S/C36H20N2S/c1-5-13-31-25(9-1)26-10-2-6-14-32(26)37(31)23-17-19-35-29(21-23)30-22-24(18-20-36(30)39-35)38-33-15-7-3-11-27(33)28-12-4-8-16-34(28)38/h1-3,5-7,9-22H. The predicted octanol–water partition coefficient (Wildman–Crippen LogP) is 9.89. The highest BCUT2D eigenvalue weighted by Gasteiger charge is 2.18. The first-order valence-corrected chi connectivity index (χ1v) is 13.9. The predicted molar refractivity (Wildman–Crippen MR) is 166 cm³/mol. The van der Waals surface area contributed by atoms with Gasteiger partial charge in [-0.25, -0.2) is 0 Å². The highest BCUT2D eigenvalue weighted by Crippen LogP contribution is 2.40. The molecule has 3 heterocycles. The second-order valence-corrected chi connectivity index (χ2v) is 11.1. The summed E-state index contributed by atoms with van der Waals surface area (Å²) >= 11 is 1.86. The van der Waals surface area contributed by atoms with Crippen molar-refractivity contribution in [2.24, 2.45) is 0 Å². The summed E-state index contributed by atoms with van der Waals surface area (Å²) in [6.07, 6.45) is 4.09. The van der Waals surface area contributed by atoms with Crippen LogP contribution in [-0.2, 0) is 0 Å². The van der Waals surface area contributed by atoms with Crippen LogP contribution in [0.5, 0.6) is 0 Å². The lowest BCUT2D eigenvalue weighted by Crippen LogP contribution is -1.97. The molecular weight excluding hydrogens is 492 g/mol. The Balaban J connectivity index is 1.31. The van der Waals surface area contributed by atoms with Gasteiger partial charge in [-0.15, -0.1) is 11.3 Å². The SMILES string of the molecule is C1=C=Cc2c(c3ccccc3n2-c2ccc3sc4ccc(-n5c6ccccc6c6ccccc65)cc4c3c2)C=1. The van der Waals surface area contributed by atoms with E-state index in [4.69, 9.17) is 0 Å². The van der Waals surface area contributed by atoms with Crippen molar-refractivity contribution < 1.29 is 0 Å². The van der Waals surface area contributed by atoms with E-state index in [-0.39, 0.29) is 0 Å². The molecule has 0 fully saturated rings. The summed E-state index contributed by atoms with van der Waals surface area (Å²) in [6.45, 7) is 0. The van der Waals surface area contributed by atoms with Crippen molar-refractivity contribution in [2.45, 2.75) is 0 Å². The molecule has 0 atom stereocenters. The van der Waals surface area contributed by atoms with Crippen LogP contribution >= 0.6 is 11.3 Å². The van der Waals surface area contributed by atoms with Gasteiger partial charge in [-0.3, -0.25) is 0 Å². The van der Waals surface area contributed by atoms with Gasteiger partial charge in [0, 0.05) is 59.3 Å². The first kappa shape index (κ1) is 21.0. The van der Waals surface area contributed by atoms with Crippen molar-refractivity contribution in [2.75, 3.05) is 0 Å². The summed E-state index contributed by atoms with van der Waals surface area (Å²) in [5.74, 6) is 0. The van der Waals surface area contributed by atoms with Crippen molar-refractivity contribution in [3.05, 3.63) is 132 Å². The molecule has 0 spiro atoms. The van der Waals surface area contributed by atoms with Crippen molar-refractivity contribution in [1.82, 2.24) is 9.13 Å². The Morgan fingerprint density at radius 2 is 0.974 bits per heavy atom. The molecule has 0 radical (unpaired) electrons. The van der Waals surface area contributed by atoms with Gasteiger partial charge in [0.05, 0.1) is 22.2 Å². The molecule has 0 amide bonds. The average Bonchev–Trinajstić information content (AvgIpc) is 3.64. The molecule has 1 aliphatic carbocycles. The highest BCUT2D eigenvalue weighted by molar-refractivity contribution is 7.25. The minimum atomic E-state index is 1.15. The Morgan fingerprint density at radius 3 is 1.62 bits per heavy atom. The van der Waals surface area contributed by atoms with Gasteiger partial charge < -0.3 is 9.13 Å². The van der Waals surface area contributed by atoms with Crippen LogP contribution < -0.4 is 0 Å². The average molecular weight is 513 g/mol. The molecule has 0 N–H and O–H groups in total. The van der Waals surface area contributed by atoms with Crippen LogP contribution in [0, 0.1) is 0 Å². The van der Waals surface area contributed by atoms with Gasteiger partial charge in [0.1, 0.15) is 0 Å². The molecule has 0 saturated heterocycles. The summed E-state index contributed by atoms with van der Waals surface area (Å²) in [6, 6.07) is 39.8. The number of hydrogen-bond acceptors (Lipinski definition) is 1. The number of aromatic nitrogens is 2. The fraction of sp³-hybridized carbons (Fsp3) is 0. The normalized spacial score (nSPS) is 12.5. The molecule has 180 valence electrons. The number of hydrogen-bond donors (Lipinski definition) is 0. The Kier molecular flexibility index (Phi) is 4.16. The number of fused-ring (bicyclic) bond motifs is 9. The van der Waals surface area contributed by atoms with Crippen molar-refractivity contribution in [1.29, 1.82) is 0 Å². The molecule has 5 aromatic carbocycles. The molecule has 3 aromatic heterocycles. The lowest BCUT2D eigenvalue weighted by molar-refractivity contribution is 1.11. The minimum absolute atomic E-state index is 1.15. The maximum atomic E-state index is 3.17. The Labute approximate surface area is 228 Å². The van der Waals surface area contributed by atoms with Crippen LogP contribution in [-0.4, -0.2) is 9.13 Å². The maximum Gasteiger partial charge on any atom is 0.0631 e. The molecule has 9 rings (SSSR count). The molecular formula is C36H20N2S. The van der Waals surface area contributed by atoms with Crippen LogP contribution in [0.4, 0.5) is 0 Å². The minimum Gasteiger partial charge on any atom is -0.309 e. The van der Waals surface area contributed by atoms with E-state index < -0.39 is 0 Å².